The molecule has 7 heteroatoms. The van der Waals surface area contributed by atoms with E-state index in [0.717, 1.165) is 12.5 Å². The van der Waals surface area contributed by atoms with Gasteiger partial charge in [0.05, 0.1) is 16.7 Å². The summed E-state index contributed by atoms with van der Waals surface area (Å²) < 4.78 is 13.9. The molecule has 2 aromatic rings. The number of non-ortho nitro benzene ring substituents is 1. The first-order valence-corrected chi connectivity index (χ1v) is 6.13. The smallest absolute Gasteiger partial charge is 0.272 e. The molecule has 1 heterocycles. The van der Waals surface area contributed by atoms with E-state index < -0.39 is 10.7 Å². The van der Waals surface area contributed by atoms with Gasteiger partial charge in [-0.1, -0.05) is 6.92 Å². The molecule has 0 bridgehead atoms. The largest absolute Gasteiger partial charge is 0.354 e. The normalized spacial score (nSPS) is 10.3. The number of nitrogens with zero attached hydrogens (tertiary/aromatic N) is 3. The fraction of sp³-hybridized carbons (Fsp3) is 0.231. The minimum atomic E-state index is -0.681. The zero-order valence-corrected chi connectivity index (χ0v) is 10.8. The molecule has 0 atom stereocenters. The van der Waals surface area contributed by atoms with Crippen molar-refractivity contribution in [1.29, 1.82) is 0 Å². The molecule has 0 unspecified atom stereocenters. The van der Waals surface area contributed by atoms with Gasteiger partial charge in [-0.3, -0.25) is 10.1 Å². The third-order valence-corrected chi connectivity index (χ3v) is 2.63. The van der Waals surface area contributed by atoms with Crippen LogP contribution in [0.25, 0.3) is 11.3 Å². The number of nitro groups is 1. The van der Waals surface area contributed by atoms with Gasteiger partial charge in [-0.05, 0) is 18.6 Å². The molecule has 0 saturated heterocycles. The third-order valence-electron chi connectivity index (χ3n) is 2.63. The van der Waals surface area contributed by atoms with Crippen LogP contribution in [0, 0.1) is 15.9 Å². The molecule has 0 fully saturated rings. The maximum Gasteiger partial charge on any atom is 0.272 e. The van der Waals surface area contributed by atoms with Crippen LogP contribution in [0.4, 0.5) is 16.0 Å². The Morgan fingerprint density at radius 3 is 2.85 bits per heavy atom. The predicted octanol–water partition coefficient (Wildman–Crippen LogP) is 3.01. The molecular weight excluding hydrogens is 263 g/mol. The molecule has 0 radical (unpaired) electrons. The number of nitrogens with one attached hydrogen (secondary N) is 1. The molecule has 0 aliphatic rings. The summed E-state index contributed by atoms with van der Waals surface area (Å²) in [6.07, 6.45) is 2.43. The quantitative estimate of drug-likeness (QED) is 0.670. The molecule has 0 aliphatic carbocycles. The summed E-state index contributed by atoms with van der Waals surface area (Å²) in [7, 11) is 0. The third kappa shape index (κ3) is 3.05. The Balaban J connectivity index is 2.33. The molecule has 0 aliphatic heterocycles. The Hall–Kier alpha value is -2.57. The van der Waals surface area contributed by atoms with Crippen molar-refractivity contribution in [2.24, 2.45) is 0 Å². The molecule has 1 N–H and O–H groups in total. The molecule has 20 heavy (non-hydrogen) atoms. The number of hydrogen-bond donors (Lipinski definition) is 1. The molecule has 104 valence electrons. The predicted molar refractivity (Wildman–Crippen MR) is 72.9 cm³/mol. The number of halogens is 1. The minimum absolute atomic E-state index is 0.206. The van der Waals surface area contributed by atoms with Crippen LogP contribution >= 0.6 is 0 Å². The highest BCUT2D eigenvalue weighted by atomic mass is 19.1. The average molecular weight is 276 g/mol. The SMILES string of the molecule is CCCNc1nccc(-c2ccc([N+](=O)[O-])cc2F)n1. The molecule has 0 saturated carbocycles. The first kappa shape index (κ1) is 13.9. The van der Waals surface area contributed by atoms with Crippen molar-refractivity contribution >= 4 is 11.6 Å². The van der Waals surface area contributed by atoms with Crippen LogP contribution in [0.1, 0.15) is 13.3 Å². The van der Waals surface area contributed by atoms with Gasteiger partial charge in [-0.2, -0.15) is 0 Å². The molecule has 0 amide bonds. The van der Waals surface area contributed by atoms with E-state index in [4.69, 9.17) is 0 Å². The van der Waals surface area contributed by atoms with Crippen molar-refractivity contribution in [3.63, 3.8) is 0 Å². The fourth-order valence-electron chi connectivity index (χ4n) is 1.66. The summed E-state index contributed by atoms with van der Waals surface area (Å²) in [5, 5.41) is 13.6. The molecule has 1 aromatic carbocycles. The second kappa shape index (κ2) is 6.05. The second-order valence-electron chi connectivity index (χ2n) is 4.11. The van der Waals surface area contributed by atoms with Crippen LogP contribution in [0.2, 0.25) is 0 Å². The summed E-state index contributed by atoms with van der Waals surface area (Å²) in [5.41, 5.74) is 0.299. The summed E-state index contributed by atoms with van der Waals surface area (Å²) in [4.78, 5) is 18.1. The van der Waals surface area contributed by atoms with Gasteiger partial charge in [0.2, 0.25) is 5.95 Å². The van der Waals surface area contributed by atoms with Crippen LogP contribution in [-0.4, -0.2) is 21.4 Å². The average Bonchev–Trinajstić information content (AvgIpc) is 2.45. The van der Waals surface area contributed by atoms with Gasteiger partial charge in [0, 0.05) is 24.4 Å². The van der Waals surface area contributed by atoms with E-state index in [1.165, 1.54) is 18.3 Å². The van der Waals surface area contributed by atoms with Crippen molar-refractivity contribution in [1.82, 2.24) is 9.97 Å². The maximum absolute atomic E-state index is 13.9. The van der Waals surface area contributed by atoms with E-state index in [-0.39, 0.29) is 11.3 Å². The highest BCUT2D eigenvalue weighted by Gasteiger charge is 2.13. The zero-order valence-electron chi connectivity index (χ0n) is 10.8. The lowest BCUT2D eigenvalue weighted by molar-refractivity contribution is -0.385. The maximum atomic E-state index is 13.9. The first-order chi connectivity index (χ1) is 9.61. The van der Waals surface area contributed by atoms with Gasteiger partial charge in [-0.15, -0.1) is 0 Å². The topological polar surface area (TPSA) is 81.0 Å². The highest BCUT2D eigenvalue weighted by molar-refractivity contribution is 5.62. The van der Waals surface area contributed by atoms with Crippen LogP contribution in [0.3, 0.4) is 0 Å². The lowest BCUT2D eigenvalue weighted by Gasteiger charge is -2.06. The Labute approximate surface area is 114 Å². The van der Waals surface area contributed by atoms with E-state index in [2.05, 4.69) is 15.3 Å². The number of nitro benzene ring substituents is 1. The lowest BCUT2D eigenvalue weighted by atomic mass is 10.1. The molecule has 2 rings (SSSR count). The van der Waals surface area contributed by atoms with Crippen LogP contribution in [0.5, 0.6) is 0 Å². The Morgan fingerprint density at radius 1 is 1.40 bits per heavy atom. The monoisotopic (exact) mass is 276 g/mol. The lowest BCUT2D eigenvalue weighted by Crippen LogP contribution is -2.04. The summed E-state index contributed by atoms with van der Waals surface area (Å²) in [5.74, 6) is -0.276. The van der Waals surface area contributed by atoms with Gasteiger partial charge in [0.25, 0.3) is 5.69 Å². The van der Waals surface area contributed by atoms with Crippen LogP contribution in [0.15, 0.2) is 30.5 Å². The van der Waals surface area contributed by atoms with E-state index in [9.17, 15) is 14.5 Å². The Bertz CT molecular complexity index is 634. The summed E-state index contributed by atoms with van der Waals surface area (Å²) in [6.45, 7) is 2.72. The van der Waals surface area contributed by atoms with E-state index in [1.807, 2.05) is 6.92 Å². The fourth-order valence-corrected chi connectivity index (χ4v) is 1.66. The Morgan fingerprint density at radius 2 is 2.20 bits per heavy atom. The highest BCUT2D eigenvalue weighted by Crippen LogP contribution is 2.25. The molecular formula is C13H13FN4O2. The van der Waals surface area contributed by atoms with E-state index >= 15 is 0 Å². The Kier molecular flexibility index (Phi) is 4.19. The summed E-state index contributed by atoms with van der Waals surface area (Å²) in [6, 6.07) is 5.04. The van der Waals surface area contributed by atoms with Crippen molar-refractivity contribution in [3.8, 4) is 11.3 Å². The number of benzene rings is 1. The van der Waals surface area contributed by atoms with Gasteiger partial charge in [-0.25, -0.2) is 14.4 Å². The zero-order chi connectivity index (χ0) is 14.5. The van der Waals surface area contributed by atoms with Crippen LogP contribution in [-0.2, 0) is 0 Å². The van der Waals surface area contributed by atoms with Gasteiger partial charge in [0.15, 0.2) is 0 Å². The van der Waals surface area contributed by atoms with E-state index in [1.54, 1.807) is 6.07 Å². The molecule has 0 spiro atoms. The summed E-state index contributed by atoms with van der Waals surface area (Å²) >= 11 is 0. The number of rotatable bonds is 5. The van der Waals surface area contributed by atoms with Crippen molar-refractivity contribution in [3.05, 3.63) is 46.4 Å². The van der Waals surface area contributed by atoms with Crippen molar-refractivity contribution in [2.45, 2.75) is 13.3 Å². The molecule has 1 aromatic heterocycles. The van der Waals surface area contributed by atoms with Gasteiger partial charge >= 0.3 is 0 Å². The first-order valence-electron chi connectivity index (χ1n) is 6.13. The van der Waals surface area contributed by atoms with Gasteiger partial charge in [0.1, 0.15) is 5.82 Å². The van der Waals surface area contributed by atoms with Gasteiger partial charge < -0.3 is 5.32 Å². The number of aromatic nitrogens is 2. The standard InChI is InChI=1S/C13H13FN4O2/c1-2-6-15-13-16-7-5-12(17-13)10-4-3-9(18(19)20)8-11(10)14/h3-5,7-8H,2,6H2,1H3,(H,15,16,17). The molecule has 6 nitrogen and oxygen atoms in total. The van der Waals surface area contributed by atoms with Crippen LogP contribution < -0.4 is 5.32 Å². The minimum Gasteiger partial charge on any atom is -0.354 e. The second-order valence-corrected chi connectivity index (χ2v) is 4.11. The van der Waals surface area contributed by atoms with Crippen molar-refractivity contribution < 1.29 is 9.31 Å². The van der Waals surface area contributed by atoms with Crippen molar-refractivity contribution in [2.75, 3.05) is 11.9 Å². The van der Waals surface area contributed by atoms with E-state index in [0.29, 0.717) is 18.2 Å². The number of hydrogen-bond acceptors (Lipinski definition) is 5. The number of anilines is 1.